The molecule has 39 heavy (non-hydrogen) atoms. The number of carbonyl (C=O) groups excluding carboxylic acids is 1. The summed E-state index contributed by atoms with van der Waals surface area (Å²) in [5.74, 6) is -1.77. The molecule has 0 bridgehead atoms. The minimum absolute atomic E-state index is 0.0248. The topological polar surface area (TPSA) is 133 Å². The second-order valence-corrected chi connectivity index (χ2v) is 10.6. The third kappa shape index (κ3) is 6.29. The summed E-state index contributed by atoms with van der Waals surface area (Å²) in [5, 5.41) is 17.7. The number of fused-ring (bicyclic) bond motifs is 1. The van der Waals surface area contributed by atoms with Crippen LogP contribution in [0.2, 0.25) is 0 Å². The molecular weight excluding hydrogens is 540 g/mol. The van der Waals surface area contributed by atoms with Crippen molar-refractivity contribution >= 4 is 36.8 Å². The van der Waals surface area contributed by atoms with E-state index < -0.39 is 31.1 Å². The molecule has 1 amide bonds. The van der Waals surface area contributed by atoms with Crippen LogP contribution >= 0.6 is 7.60 Å². The first-order chi connectivity index (χ1) is 18.4. The highest BCUT2D eigenvalue weighted by Gasteiger charge is 2.39. The summed E-state index contributed by atoms with van der Waals surface area (Å²) in [5.41, 5.74) is 0.347. The maximum atomic E-state index is 13.8. The molecule has 0 unspecified atom stereocenters. The van der Waals surface area contributed by atoms with Crippen molar-refractivity contribution in [1.82, 2.24) is 14.9 Å². The van der Waals surface area contributed by atoms with E-state index in [9.17, 15) is 27.7 Å². The minimum atomic E-state index is -4.84. The first kappa shape index (κ1) is 28.3. The van der Waals surface area contributed by atoms with Gasteiger partial charge >= 0.3 is 13.8 Å². The lowest BCUT2D eigenvalue weighted by Crippen LogP contribution is -2.32. The van der Waals surface area contributed by atoms with Gasteiger partial charge in [-0.15, -0.1) is 0 Å². The Balaban J connectivity index is 1.61. The van der Waals surface area contributed by atoms with Crippen LogP contribution in [0, 0.1) is 5.21 Å². The lowest BCUT2D eigenvalue weighted by molar-refractivity contribution is -0.590. The first-order valence-electron chi connectivity index (χ1n) is 11.9. The lowest BCUT2D eigenvalue weighted by Gasteiger charge is -2.17. The van der Waals surface area contributed by atoms with Gasteiger partial charge in [-0.3, -0.25) is 9.36 Å². The minimum Gasteiger partial charge on any atom is -0.711 e. The van der Waals surface area contributed by atoms with Crippen LogP contribution in [0.5, 0.6) is 0 Å². The summed E-state index contributed by atoms with van der Waals surface area (Å²) in [6.45, 7) is 4.09. The van der Waals surface area contributed by atoms with Gasteiger partial charge in [-0.1, -0.05) is 12.1 Å². The van der Waals surface area contributed by atoms with Gasteiger partial charge in [0.05, 0.1) is 25.6 Å². The molecule has 2 N–H and O–H groups in total. The average Bonchev–Trinajstić information content (AvgIpc) is 3.15. The molecule has 1 aliphatic heterocycles. The molecule has 0 spiro atoms. The molecule has 15 heteroatoms. The maximum absolute atomic E-state index is 13.8. The monoisotopic (exact) mass is 566 g/mol. The number of aromatic nitrogens is 3. The van der Waals surface area contributed by atoms with Crippen LogP contribution in [0.4, 0.5) is 36.4 Å². The molecule has 4 rings (SSSR count). The maximum Gasteiger partial charge on any atom is 0.423 e. The standard InChI is InChI=1S/C24H26F3N6O5P/c1-4-37-39(36,38-5-2)14-15-6-8-17(9-7-15)29-23-28-12-18(24(25,26)27)20(31-23)30-21-19-16(10-11-33(21)35)13-32(3)22(19)34/h6-12H,4-5,13-14H2,1-3H3,(H2,28,29,30,31). The van der Waals surface area contributed by atoms with Gasteiger partial charge < -0.3 is 24.5 Å². The Morgan fingerprint density at radius 2 is 1.79 bits per heavy atom. The van der Waals surface area contributed by atoms with Crippen molar-refractivity contribution in [1.29, 1.82) is 0 Å². The van der Waals surface area contributed by atoms with Gasteiger partial charge in [-0.25, -0.2) is 15.0 Å². The van der Waals surface area contributed by atoms with Crippen molar-refractivity contribution in [2.75, 3.05) is 30.9 Å². The Kier molecular flexibility index (Phi) is 8.09. The zero-order valence-corrected chi connectivity index (χ0v) is 22.2. The van der Waals surface area contributed by atoms with Crippen LogP contribution in [0.25, 0.3) is 0 Å². The second-order valence-electron chi connectivity index (χ2n) is 8.56. The van der Waals surface area contributed by atoms with Crippen molar-refractivity contribution < 1.29 is 36.3 Å². The highest BCUT2D eigenvalue weighted by molar-refractivity contribution is 7.53. The number of benzene rings is 1. The molecule has 1 aromatic carbocycles. The van der Waals surface area contributed by atoms with Gasteiger partial charge in [0, 0.05) is 25.5 Å². The molecule has 0 radical (unpaired) electrons. The summed E-state index contributed by atoms with van der Waals surface area (Å²) in [4.78, 5) is 21.6. The van der Waals surface area contributed by atoms with Crippen molar-refractivity contribution in [2.24, 2.45) is 0 Å². The van der Waals surface area contributed by atoms with E-state index in [0.29, 0.717) is 23.0 Å². The molecule has 3 heterocycles. The molecule has 1 aliphatic rings. The number of halogens is 3. The Morgan fingerprint density at radius 1 is 1.13 bits per heavy atom. The number of pyridine rings is 1. The van der Waals surface area contributed by atoms with E-state index in [-0.39, 0.29) is 48.0 Å². The number of amides is 1. The van der Waals surface area contributed by atoms with Crippen LogP contribution in [-0.2, 0) is 32.5 Å². The molecule has 208 valence electrons. The van der Waals surface area contributed by atoms with Crippen LogP contribution in [-0.4, -0.2) is 41.0 Å². The molecule has 11 nitrogen and oxygen atoms in total. The number of nitrogens with one attached hydrogen (secondary N) is 2. The lowest BCUT2D eigenvalue weighted by atomic mass is 10.1. The Morgan fingerprint density at radius 3 is 2.41 bits per heavy atom. The largest absolute Gasteiger partial charge is 0.711 e. The van der Waals surface area contributed by atoms with Crippen molar-refractivity contribution in [2.45, 2.75) is 32.7 Å². The Labute approximate surface area is 222 Å². The molecule has 0 saturated carbocycles. The van der Waals surface area contributed by atoms with E-state index in [1.54, 1.807) is 38.1 Å². The third-order valence-corrected chi connectivity index (χ3v) is 7.78. The van der Waals surface area contributed by atoms with Crippen molar-refractivity contribution in [3.05, 3.63) is 70.2 Å². The third-order valence-electron chi connectivity index (χ3n) is 5.73. The molecule has 0 atom stereocenters. The number of rotatable bonds is 10. The van der Waals surface area contributed by atoms with E-state index in [2.05, 4.69) is 20.6 Å². The first-order valence-corrected chi connectivity index (χ1v) is 13.6. The van der Waals surface area contributed by atoms with Crippen LogP contribution in [0.15, 0.2) is 42.7 Å². The Hall–Kier alpha value is -3.74. The molecule has 0 fully saturated rings. The molecular formula is C24H26F3N6O5P. The zero-order valence-electron chi connectivity index (χ0n) is 21.3. The summed E-state index contributed by atoms with van der Waals surface area (Å²) in [7, 11) is -1.80. The molecule has 0 aliphatic carbocycles. The second kappa shape index (κ2) is 11.2. The smallest absolute Gasteiger partial charge is 0.423 e. The Bertz CT molecular complexity index is 1410. The fourth-order valence-electron chi connectivity index (χ4n) is 4.01. The highest BCUT2D eigenvalue weighted by atomic mass is 31.2. The summed E-state index contributed by atoms with van der Waals surface area (Å²) >= 11 is 0. The van der Waals surface area contributed by atoms with E-state index in [1.807, 2.05) is 0 Å². The van der Waals surface area contributed by atoms with Crippen LogP contribution in [0.1, 0.15) is 40.9 Å². The van der Waals surface area contributed by atoms with Gasteiger partial charge in [0.2, 0.25) is 11.8 Å². The van der Waals surface area contributed by atoms with Gasteiger partial charge in [0.15, 0.2) is 0 Å². The van der Waals surface area contributed by atoms with Gasteiger partial charge in [0.25, 0.3) is 11.7 Å². The predicted molar refractivity (Wildman–Crippen MR) is 136 cm³/mol. The number of nitrogens with zero attached hydrogens (tertiary/aromatic N) is 4. The van der Waals surface area contributed by atoms with Gasteiger partial charge in [-0.2, -0.15) is 18.2 Å². The molecule has 2 aromatic heterocycles. The fraction of sp³-hybridized carbons (Fsp3) is 0.333. The quantitative estimate of drug-likeness (QED) is 0.198. The molecule has 3 aromatic rings. The highest BCUT2D eigenvalue weighted by Crippen LogP contribution is 2.51. The summed E-state index contributed by atoms with van der Waals surface area (Å²) in [6, 6.07) is 7.97. The SMILES string of the molecule is CCOP(=O)(Cc1ccc(Nc2ncc(C(F)(F)F)c(Nc3c4c(cc[n+]3[O-])CN(C)C4=O)n2)cc1)OCC. The molecule has 0 saturated heterocycles. The summed E-state index contributed by atoms with van der Waals surface area (Å²) < 4.78 is 65.0. The van der Waals surface area contributed by atoms with E-state index in [4.69, 9.17) is 9.05 Å². The van der Waals surface area contributed by atoms with Gasteiger partial charge in [0.1, 0.15) is 11.1 Å². The summed E-state index contributed by atoms with van der Waals surface area (Å²) in [6.07, 6.45) is -3.11. The normalized spacial score (nSPS) is 13.5. The number of hydrogen-bond acceptors (Lipinski definition) is 9. The van der Waals surface area contributed by atoms with Crippen molar-refractivity contribution in [3.63, 3.8) is 0 Å². The van der Waals surface area contributed by atoms with Gasteiger partial charge in [-0.05, 0) is 43.2 Å². The number of hydrogen-bond donors (Lipinski definition) is 2. The fourth-order valence-corrected chi connectivity index (χ4v) is 5.71. The van der Waals surface area contributed by atoms with E-state index in [1.165, 1.54) is 18.0 Å². The van der Waals surface area contributed by atoms with Crippen molar-refractivity contribution in [3.8, 4) is 0 Å². The van der Waals surface area contributed by atoms with E-state index >= 15 is 0 Å². The number of carbonyl (C=O) groups is 1. The predicted octanol–water partition coefficient (Wildman–Crippen LogP) is 4.97. The van der Waals surface area contributed by atoms with E-state index in [0.717, 1.165) is 6.20 Å². The average molecular weight is 566 g/mol. The number of anilines is 4. The van der Waals surface area contributed by atoms with Crippen LogP contribution in [0.3, 0.4) is 0 Å². The van der Waals surface area contributed by atoms with Crippen LogP contribution < -0.4 is 15.4 Å². The number of alkyl halides is 3. The zero-order chi connectivity index (χ0) is 28.4.